The molecule has 0 fully saturated rings. The molecule has 17 heavy (non-hydrogen) atoms. The Morgan fingerprint density at radius 1 is 1.35 bits per heavy atom. The Labute approximate surface area is 102 Å². The molecule has 1 heterocycles. The third kappa shape index (κ3) is 2.69. The molecule has 0 amide bonds. The maximum Gasteiger partial charge on any atom is 0.134 e. The molecule has 2 aromatic rings. The molecule has 1 aromatic heterocycles. The summed E-state index contributed by atoms with van der Waals surface area (Å²) in [6.45, 7) is 4.88. The van der Waals surface area contributed by atoms with Crippen molar-refractivity contribution in [2.45, 2.75) is 26.4 Å². The summed E-state index contributed by atoms with van der Waals surface area (Å²) >= 11 is 0. The number of hydrogen-bond acceptors (Lipinski definition) is 2. The van der Waals surface area contributed by atoms with Gasteiger partial charge in [-0.15, -0.1) is 6.42 Å². The van der Waals surface area contributed by atoms with Crippen LogP contribution in [0.2, 0.25) is 0 Å². The molecule has 0 aliphatic heterocycles. The van der Waals surface area contributed by atoms with Crippen LogP contribution in [0.4, 0.5) is 0 Å². The highest BCUT2D eigenvalue weighted by molar-refractivity contribution is 5.77. The van der Waals surface area contributed by atoms with Gasteiger partial charge in [0, 0.05) is 5.39 Å². The second-order valence-corrected chi connectivity index (χ2v) is 4.52. The normalized spacial score (nSPS) is 12.8. The molecule has 1 atom stereocenters. The van der Waals surface area contributed by atoms with Gasteiger partial charge in [-0.1, -0.05) is 38.0 Å². The SMILES string of the molecule is C#CC(NCc1cc2ccccc2o1)C(C)C. The van der Waals surface area contributed by atoms with Crippen molar-refractivity contribution in [3.63, 3.8) is 0 Å². The van der Waals surface area contributed by atoms with E-state index < -0.39 is 0 Å². The zero-order valence-electron chi connectivity index (χ0n) is 10.2. The third-order valence-corrected chi connectivity index (χ3v) is 2.82. The van der Waals surface area contributed by atoms with Crippen LogP contribution in [0.3, 0.4) is 0 Å². The Morgan fingerprint density at radius 2 is 2.12 bits per heavy atom. The van der Waals surface area contributed by atoms with E-state index in [0.717, 1.165) is 16.7 Å². The van der Waals surface area contributed by atoms with E-state index in [2.05, 4.69) is 31.2 Å². The van der Waals surface area contributed by atoms with Gasteiger partial charge in [-0.05, 0) is 18.1 Å². The molecule has 0 saturated heterocycles. The van der Waals surface area contributed by atoms with Gasteiger partial charge in [0.15, 0.2) is 0 Å². The van der Waals surface area contributed by atoms with Crippen LogP contribution in [-0.4, -0.2) is 6.04 Å². The predicted octanol–water partition coefficient (Wildman–Crippen LogP) is 3.18. The lowest BCUT2D eigenvalue weighted by atomic mass is 10.1. The van der Waals surface area contributed by atoms with Crippen LogP contribution in [0.1, 0.15) is 19.6 Å². The quantitative estimate of drug-likeness (QED) is 0.811. The number of rotatable bonds is 4. The molecule has 2 rings (SSSR count). The van der Waals surface area contributed by atoms with Gasteiger partial charge in [-0.25, -0.2) is 0 Å². The van der Waals surface area contributed by atoms with Crippen molar-refractivity contribution in [2.75, 3.05) is 0 Å². The summed E-state index contributed by atoms with van der Waals surface area (Å²) in [6.07, 6.45) is 5.47. The van der Waals surface area contributed by atoms with Crippen molar-refractivity contribution >= 4 is 11.0 Å². The van der Waals surface area contributed by atoms with E-state index >= 15 is 0 Å². The smallest absolute Gasteiger partial charge is 0.134 e. The second-order valence-electron chi connectivity index (χ2n) is 4.52. The first-order valence-corrected chi connectivity index (χ1v) is 5.87. The van der Waals surface area contributed by atoms with Gasteiger partial charge in [0.05, 0.1) is 12.6 Å². The van der Waals surface area contributed by atoms with Crippen LogP contribution in [0.25, 0.3) is 11.0 Å². The Bertz CT molecular complexity index is 500. The van der Waals surface area contributed by atoms with E-state index in [1.54, 1.807) is 0 Å². The fraction of sp³-hybridized carbons (Fsp3) is 0.333. The molecule has 0 saturated carbocycles. The highest BCUT2D eigenvalue weighted by Gasteiger charge is 2.10. The van der Waals surface area contributed by atoms with Crippen LogP contribution in [0, 0.1) is 18.3 Å². The highest BCUT2D eigenvalue weighted by Crippen LogP contribution is 2.18. The molecule has 0 radical (unpaired) electrons. The van der Waals surface area contributed by atoms with Crippen LogP contribution >= 0.6 is 0 Å². The van der Waals surface area contributed by atoms with E-state index in [0.29, 0.717) is 12.5 Å². The summed E-state index contributed by atoms with van der Waals surface area (Å²) in [4.78, 5) is 0. The first-order valence-electron chi connectivity index (χ1n) is 5.87. The fourth-order valence-electron chi connectivity index (χ4n) is 1.82. The summed E-state index contributed by atoms with van der Waals surface area (Å²) in [6, 6.07) is 10.1. The molecule has 1 N–H and O–H groups in total. The van der Waals surface area contributed by atoms with Crippen LogP contribution in [-0.2, 0) is 6.54 Å². The molecule has 0 bridgehead atoms. The van der Waals surface area contributed by atoms with Gasteiger partial charge in [0.25, 0.3) is 0 Å². The minimum atomic E-state index is 0.0863. The number of furan rings is 1. The van der Waals surface area contributed by atoms with Crippen LogP contribution in [0.5, 0.6) is 0 Å². The monoisotopic (exact) mass is 227 g/mol. The lowest BCUT2D eigenvalue weighted by Gasteiger charge is -2.15. The predicted molar refractivity (Wildman–Crippen MR) is 70.5 cm³/mol. The number of hydrogen-bond donors (Lipinski definition) is 1. The molecule has 2 nitrogen and oxygen atoms in total. The molecule has 88 valence electrons. The molecule has 0 aliphatic rings. The fourth-order valence-corrected chi connectivity index (χ4v) is 1.82. The van der Waals surface area contributed by atoms with Gasteiger partial charge >= 0.3 is 0 Å². The van der Waals surface area contributed by atoms with Gasteiger partial charge in [-0.2, -0.15) is 0 Å². The minimum absolute atomic E-state index is 0.0863. The topological polar surface area (TPSA) is 25.2 Å². The zero-order chi connectivity index (χ0) is 12.3. The standard InChI is InChI=1S/C15H17NO/c1-4-14(11(2)3)16-10-13-9-12-7-5-6-8-15(12)17-13/h1,5-9,11,14,16H,10H2,2-3H3. The molecule has 2 heteroatoms. The van der Waals surface area contributed by atoms with Gasteiger partial charge in [0.1, 0.15) is 11.3 Å². The second kappa shape index (κ2) is 5.07. The van der Waals surface area contributed by atoms with E-state index in [9.17, 15) is 0 Å². The van der Waals surface area contributed by atoms with E-state index in [1.807, 2.05) is 24.3 Å². The summed E-state index contributed by atoms with van der Waals surface area (Å²) < 4.78 is 5.71. The first kappa shape index (κ1) is 11.8. The van der Waals surface area contributed by atoms with Crippen molar-refractivity contribution < 1.29 is 4.42 Å². The Balaban J connectivity index is 2.07. The summed E-state index contributed by atoms with van der Waals surface area (Å²) in [5.41, 5.74) is 0.922. The number of terminal acetylenes is 1. The van der Waals surface area contributed by atoms with Crippen LogP contribution in [0.15, 0.2) is 34.7 Å². The molecule has 1 unspecified atom stereocenters. The van der Waals surface area contributed by atoms with Crippen molar-refractivity contribution in [3.8, 4) is 12.3 Å². The maximum atomic E-state index is 5.71. The van der Waals surface area contributed by atoms with E-state index in [-0.39, 0.29) is 6.04 Å². The first-order chi connectivity index (χ1) is 8.20. The number of para-hydroxylation sites is 1. The minimum Gasteiger partial charge on any atom is -0.460 e. The lowest BCUT2D eigenvalue weighted by molar-refractivity contribution is 0.440. The van der Waals surface area contributed by atoms with Gasteiger partial charge in [-0.3, -0.25) is 5.32 Å². The largest absolute Gasteiger partial charge is 0.460 e. The molecule has 0 spiro atoms. The van der Waals surface area contributed by atoms with E-state index in [4.69, 9.17) is 10.8 Å². The van der Waals surface area contributed by atoms with Crippen molar-refractivity contribution in [3.05, 3.63) is 36.1 Å². The molecule has 0 aliphatic carbocycles. The van der Waals surface area contributed by atoms with Crippen molar-refractivity contribution in [1.82, 2.24) is 5.32 Å². The van der Waals surface area contributed by atoms with E-state index in [1.165, 1.54) is 0 Å². The maximum absolute atomic E-state index is 5.71. The van der Waals surface area contributed by atoms with Crippen molar-refractivity contribution in [1.29, 1.82) is 0 Å². The highest BCUT2D eigenvalue weighted by atomic mass is 16.3. The molecular weight excluding hydrogens is 210 g/mol. The number of nitrogens with one attached hydrogen (secondary N) is 1. The Kier molecular flexibility index (Phi) is 3.51. The molecule has 1 aromatic carbocycles. The Hall–Kier alpha value is -1.72. The number of fused-ring (bicyclic) bond motifs is 1. The van der Waals surface area contributed by atoms with Crippen molar-refractivity contribution in [2.24, 2.45) is 5.92 Å². The number of benzene rings is 1. The average Bonchev–Trinajstić information content (AvgIpc) is 2.71. The average molecular weight is 227 g/mol. The molecular formula is C15H17NO. The summed E-state index contributed by atoms with van der Waals surface area (Å²) in [5, 5.41) is 4.45. The van der Waals surface area contributed by atoms with Crippen LogP contribution < -0.4 is 5.32 Å². The van der Waals surface area contributed by atoms with Gasteiger partial charge < -0.3 is 4.42 Å². The summed E-state index contributed by atoms with van der Waals surface area (Å²) in [7, 11) is 0. The zero-order valence-corrected chi connectivity index (χ0v) is 10.2. The summed E-state index contributed by atoms with van der Waals surface area (Å²) in [5.74, 6) is 4.10. The third-order valence-electron chi connectivity index (χ3n) is 2.82. The van der Waals surface area contributed by atoms with Gasteiger partial charge in [0.2, 0.25) is 0 Å². The lowest BCUT2D eigenvalue weighted by Crippen LogP contribution is -2.31. The Morgan fingerprint density at radius 3 is 2.76 bits per heavy atom.